The van der Waals surface area contributed by atoms with Crippen molar-refractivity contribution in [3.63, 3.8) is 0 Å². The molecule has 4 aromatic rings. The van der Waals surface area contributed by atoms with Crippen molar-refractivity contribution in [2.75, 3.05) is 37.5 Å². The zero-order valence-corrected chi connectivity index (χ0v) is 27.3. The minimum atomic E-state index is -1.13. The van der Waals surface area contributed by atoms with Crippen LogP contribution in [0.4, 0.5) is 16.2 Å². The quantitative estimate of drug-likeness (QED) is 0.142. The number of benzene rings is 3. The first-order valence-electron chi connectivity index (χ1n) is 16.2. The van der Waals surface area contributed by atoms with E-state index in [2.05, 4.69) is 26.9 Å². The average Bonchev–Trinajstić information content (AvgIpc) is 3.81. The third kappa shape index (κ3) is 6.69. The maximum atomic E-state index is 12.2. The summed E-state index contributed by atoms with van der Waals surface area (Å²) < 4.78 is 12.7. The highest BCUT2D eigenvalue weighted by Gasteiger charge is 2.43. The number of amides is 3. The Kier molecular flexibility index (Phi) is 9.60. The first kappa shape index (κ1) is 32.9. The van der Waals surface area contributed by atoms with Crippen molar-refractivity contribution < 1.29 is 29.3 Å². The van der Waals surface area contributed by atoms with Gasteiger partial charge in [0.2, 0.25) is 5.91 Å². The van der Waals surface area contributed by atoms with Gasteiger partial charge in [-0.3, -0.25) is 4.79 Å². The third-order valence-corrected chi connectivity index (χ3v) is 9.44. The van der Waals surface area contributed by atoms with Crippen LogP contribution in [-0.4, -0.2) is 83.3 Å². The minimum absolute atomic E-state index is 0.0967. The van der Waals surface area contributed by atoms with E-state index in [1.807, 2.05) is 59.2 Å². The van der Waals surface area contributed by atoms with Crippen LogP contribution in [0.2, 0.25) is 0 Å². The predicted molar refractivity (Wildman–Crippen MR) is 182 cm³/mol. The molecule has 2 fully saturated rings. The van der Waals surface area contributed by atoms with Crippen molar-refractivity contribution in [1.82, 2.24) is 20.2 Å². The molecule has 1 aliphatic heterocycles. The summed E-state index contributed by atoms with van der Waals surface area (Å²) in [6.07, 6.45) is 0.781. The minimum Gasteiger partial charge on any atom is -0.497 e. The van der Waals surface area contributed by atoms with Crippen molar-refractivity contribution in [2.24, 2.45) is 5.73 Å². The van der Waals surface area contributed by atoms with E-state index in [1.54, 1.807) is 27.5 Å². The van der Waals surface area contributed by atoms with E-state index in [9.17, 15) is 19.8 Å². The zero-order valence-electron chi connectivity index (χ0n) is 27.3. The Labute approximate surface area is 279 Å². The molecule has 48 heavy (non-hydrogen) atoms. The maximum Gasteiger partial charge on any atom is 0.312 e. The van der Waals surface area contributed by atoms with Gasteiger partial charge in [-0.25, -0.2) is 9.78 Å². The van der Waals surface area contributed by atoms with E-state index in [1.165, 1.54) is 0 Å². The third-order valence-electron chi connectivity index (χ3n) is 9.44. The topological polar surface area (TPSA) is 176 Å². The fourth-order valence-corrected chi connectivity index (χ4v) is 6.83. The Morgan fingerprint density at radius 2 is 1.62 bits per heavy atom. The van der Waals surface area contributed by atoms with Crippen LogP contribution in [-0.2, 0) is 4.79 Å². The molecule has 5 atom stereocenters. The largest absolute Gasteiger partial charge is 0.497 e. The highest BCUT2D eigenvalue weighted by molar-refractivity contribution is 5.93. The van der Waals surface area contributed by atoms with Crippen LogP contribution >= 0.6 is 0 Å². The molecule has 1 aliphatic carbocycles. The number of rotatable bonds is 11. The number of aliphatic hydroxyl groups is 2. The fraction of sp³-hybridized carbons (Fsp3) is 0.400. The molecule has 13 heteroatoms. The number of nitrogens with two attached hydrogens (primary N) is 1. The molecule has 2 aliphatic rings. The lowest BCUT2D eigenvalue weighted by Crippen LogP contribution is -2.42. The summed E-state index contributed by atoms with van der Waals surface area (Å²) in [5.41, 5.74) is 10.5. The SMILES string of the molecule is CCC(=O)N[C@H]1C[C@@H](n2cnc3c(NC(c4ccc(OC)cc4)c4ccc(OC)cc4)cc(N4CC[C@@H](NC(N)=O)C4)cc32)[C@H](O)[C@@H]1O. The maximum absolute atomic E-state index is 12.2. The van der Waals surface area contributed by atoms with Crippen LogP contribution < -0.4 is 36.1 Å². The molecule has 3 amide bonds. The number of nitrogens with zero attached hydrogens (tertiary/aromatic N) is 3. The summed E-state index contributed by atoms with van der Waals surface area (Å²) in [6, 6.07) is 17.8. The number of urea groups is 1. The number of aromatic nitrogens is 2. The van der Waals surface area contributed by atoms with E-state index in [0.29, 0.717) is 25.0 Å². The highest BCUT2D eigenvalue weighted by atomic mass is 16.5. The Balaban J connectivity index is 1.43. The van der Waals surface area contributed by atoms with Crippen molar-refractivity contribution in [3.05, 3.63) is 78.1 Å². The second-order valence-electron chi connectivity index (χ2n) is 12.4. The number of anilines is 2. The number of carbonyl (C=O) groups excluding carboxylic acids is 2. The van der Waals surface area contributed by atoms with Crippen molar-refractivity contribution >= 4 is 34.3 Å². The van der Waals surface area contributed by atoms with Gasteiger partial charge in [0.1, 0.15) is 29.2 Å². The van der Waals surface area contributed by atoms with Crippen LogP contribution in [0, 0.1) is 0 Å². The van der Waals surface area contributed by atoms with E-state index < -0.39 is 30.3 Å². The van der Waals surface area contributed by atoms with Gasteiger partial charge in [0, 0.05) is 31.2 Å². The number of imidazole rings is 1. The van der Waals surface area contributed by atoms with E-state index in [0.717, 1.165) is 45.9 Å². The predicted octanol–water partition coefficient (Wildman–Crippen LogP) is 3.06. The summed E-state index contributed by atoms with van der Waals surface area (Å²) in [5.74, 6) is 1.30. The molecule has 7 N–H and O–H groups in total. The second-order valence-corrected chi connectivity index (χ2v) is 12.4. The molecule has 6 rings (SSSR count). The molecule has 3 aromatic carbocycles. The normalized spacial score (nSPS) is 22.2. The summed E-state index contributed by atoms with van der Waals surface area (Å²) in [4.78, 5) is 30.8. The average molecular weight is 658 g/mol. The van der Waals surface area contributed by atoms with Crippen LogP contribution in [0.15, 0.2) is 67.0 Å². The number of carbonyl (C=O) groups is 2. The molecular weight excluding hydrogens is 614 g/mol. The number of hydrogen-bond donors (Lipinski definition) is 6. The summed E-state index contributed by atoms with van der Waals surface area (Å²) in [7, 11) is 3.27. The van der Waals surface area contributed by atoms with Crippen molar-refractivity contribution in [2.45, 2.75) is 62.6 Å². The van der Waals surface area contributed by atoms with Gasteiger partial charge in [0.25, 0.3) is 0 Å². The standard InChI is InChI=1S/C35H43N7O6/c1-4-30(43)39-27-17-29(34(45)33(27)44)42-19-37-32-26(15-23(16-28(32)42)41-14-13-22(18-41)38-35(36)46)40-31(20-5-9-24(47-2)10-6-20)21-7-11-25(48-3)12-8-21/h5-12,15-16,19,22,27,29,31,33-34,40,44-45H,4,13-14,17-18H2,1-3H3,(H,39,43)(H3,36,38,46)/t22-,27+,29-,33-,34+/m1/s1. The monoisotopic (exact) mass is 657 g/mol. The molecular formula is C35H43N7O6. The lowest BCUT2D eigenvalue weighted by atomic mass is 9.97. The molecule has 0 unspecified atom stereocenters. The van der Waals surface area contributed by atoms with E-state index in [4.69, 9.17) is 20.2 Å². The van der Waals surface area contributed by atoms with Crippen LogP contribution in [0.1, 0.15) is 49.4 Å². The molecule has 254 valence electrons. The number of ether oxygens (including phenoxy) is 2. The zero-order chi connectivity index (χ0) is 33.9. The summed E-state index contributed by atoms with van der Waals surface area (Å²) in [5, 5.41) is 31.5. The first-order valence-corrected chi connectivity index (χ1v) is 16.2. The number of aliphatic hydroxyl groups excluding tert-OH is 2. The van der Waals surface area contributed by atoms with Gasteiger partial charge in [-0.2, -0.15) is 0 Å². The van der Waals surface area contributed by atoms with Gasteiger partial charge in [-0.05, 0) is 60.4 Å². The number of nitrogens with one attached hydrogen (secondary N) is 3. The van der Waals surface area contributed by atoms with E-state index in [-0.39, 0.29) is 24.4 Å². The highest BCUT2D eigenvalue weighted by Crippen LogP contribution is 2.39. The van der Waals surface area contributed by atoms with Gasteiger partial charge >= 0.3 is 6.03 Å². The second kappa shape index (κ2) is 14.0. The van der Waals surface area contributed by atoms with Gasteiger partial charge in [0.15, 0.2) is 0 Å². The van der Waals surface area contributed by atoms with Crippen molar-refractivity contribution in [1.29, 1.82) is 0 Å². The molecule has 1 saturated carbocycles. The molecule has 2 heterocycles. The summed E-state index contributed by atoms with van der Waals surface area (Å²) >= 11 is 0. The number of primary amides is 1. The molecule has 1 aromatic heterocycles. The molecule has 13 nitrogen and oxygen atoms in total. The van der Waals surface area contributed by atoms with Gasteiger partial charge < -0.3 is 50.8 Å². The van der Waals surface area contributed by atoms with Gasteiger partial charge in [0.05, 0.1) is 49.9 Å². The Bertz CT molecular complexity index is 1700. The fourth-order valence-electron chi connectivity index (χ4n) is 6.83. The van der Waals surface area contributed by atoms with E-state index >= 15 is 0 Å². The molecule has 0 radical (unpaired) electrons. The van der Waals surface area contributed by atoms with Crippen LogP contribution in [0.3, 0.4) is 0 Å². The lowest BCUT2D eigenvalue weighted by molar-refractivity contribution is -0.122. The van der Waals surface area contributed by atoms with Gasteiger partial charge in [-0.1, -0.05) is 31.2 Å². The van der Waals surface area contributed by atoms with Crippen LogP contribution in [0.5, 0.6) is 11.5 Å². The Morgan fingerprint density at radius 3 is 2.21 bits per heavy atom. The van der Waals surface area contributed by atoms with Crippen molar-refractivity contribution in [3.8, 4) is 11.5 Å². The Morgan fingerprint density at radius 1 is 0.979 bits per heavy atom. The number of hydrogen-bond acceptors (Lipinski definition) is 9. The van der Waals surface area contributed by atoms with Crippen LogP contribution in [0.25, 0.3) is 11.0 Å². The smallest absolute Gasteiger partial charge is 0.312 e. The number of fused-ring (bicyclic) bond motifs is 1. The Hall–Kier alpha value is -5.01. The molecule has 1 saturated heterocycles. The molecule has 0 bridgehead atoms. The first-order chi connectivity index (χ1) is 23.2. The number of methoxy groups -OCH3 is 2. The lowest BCUT2D eigenvalue weighted by Gasteiger charge is -2.25. The molecule has 0 spiro atoms. The van der Waals surface area contributed by atoms with Gasteiger partial charge in [-0.15, -0.1) is 0 Å². The summed E-state index contributed by atoms with van der Waals surface area (Å²) in [6.45, 7) is 3.01.